The number of nitrogens with one attached hydrogen (secondary N) is 2. The van der Waals surface area contributed by atoms with Gasteiger partial charge >= 0.3 is 12.1 Å². The second-order valence-corrected chi connectivity index (χ2v) is 9.26. The van der Waals surface area contributed by atoms with Crippen LogP contribution in [-0.4, -0.2) is 41.8 Å². The average Bonchev–Trinajstić information content (AvgIpc) is 3.40. The average molecular weight is 463 g/mol. The van der Waals surface area contributed by atoms with Crippen LogP contribution in [0.2, 0.25) is 0 Å². The first-order chi connectivity index (χ1) is 16.3. The van der Waals surface area contributed by atoms with Crippen LogP contribution in [0.15, 0.2) is 60.2 Å². The van der Waals surface area contributed by atoms with Gasteiger partial charge in [-0.25, -0.2) is 9.59 Å². The van der Waals surface area contributed by atoms with E-state index in [-0.39, 0.29) is 36.8 Å². The number of hydrogen-bond acceptors (Lipinski definition) is 4. The molecule has 4 rings (SSSR count). The molecule has 0 saturated carbocycles. The van der Waals surface area contributed by atoms with Gasteiger partial charge in [-0.15, -0.1) is 0 Å². The monoisotopic (exact) mass is 462 g/mol. The van der Waals surface area contributed by atoms with Gasteiger partial charge in [-0.05, 0) is 41.0 Å². The minimum Gasteiger partial charge on any atom is -0.478 e. The normalized spacial score (nSPS) is 17.5. The van der Waals surface area contributed by atoms with E-state index >= 15 is 0 Å². The molecule has 2 amide bonds. The minimum atomic E-state index is -0.950. The third kappa shape index (κ3) is 5.14. The van der Waals surface area contributed by atoms with Crippen molar-refractivity contribution >= 4 is 18.0 Å². The molecule has 0 aromatic heterocycles. The maximum atomic E-state index is 12.6. The summed E-state index contributed by atoms with van der Waals surface area (Å²) in [6.07, 6.45) is 2.00. The van der Waals surface area contributed by atoms with Gasteiger partial charge in [0.25, 0.3) is 0 Å². The predicted octanol–water partition coefficient (Wildman–Crippen LogP) is 4.23. The second-order valence-electron chi connectivity index (χ2n) is 9.26. The summed E-state index contributed by atoms with van der Waals surface area (Å²) in [4.78, 5) is 36.3. The highest BCUT2D eigenvalue weighted by Crippen LogP contribution is 2.44. The Morgan fingerprint density at radius 1 is 1.03 bits per heavy atom. The lowest BCUT2D eigenvalue weighted by Crippen LogP contribution is -2.44. The smallest absolute Gasteiger partial charge is 0.407 e. The van der Waals surface area contributed by atoms with Gasteiger partial charge in [0.2, 0.25) is 5.91 Å². The van der Waals surface area contributed by atoms with Crippen molar-refractivity contribution in [2.45, 2.75) is 51.1 Å². The second kappa shape index (κ2) is 10.1. The molecule has 7 nitrogen and oxygen atoms in total. The SMILES string of the molecule is CC(C)[C@H](CC(=O)NC1CC=C(C(=O)O)C1)NC(=O)OCC1c2ccccc2-c2ccccc21. The Kier molecular flexibility index (Phi) is 7.01. The molecule has 3 N–H and O–H groups in total. The van der Waals surface area contributed by atoms with Crippen molar-refractivity contribution in [1.82, 2.24) is 10.6 Å². The fourth-order valence-electron chi connectivity index (χ4n) is 4.73. The Labute approximate surface area is 199 Å². The standard InChI is InChI=1S/C27H30N2O5/c1-16(2)24(14-25(30)28-18-12-11-17(13-18)26(31)32)29-27(33)34-15-23-21-9-5-3-7-19(21)20-8-4-6-10-22(20)23/h3-11,16,18,23-24H,12-15H2,1-2H3,(H,28,30)(H,29,33)(H,31,32)/t18?,24-/m0/s1. The van der Waals surface area contributed by atoms with Crippen LogP contribution in [0.1, 0.15) is 50.2 Å². The van der Waals surface area contributed by atoms with Gasteiger partial charge in [-0.3, -0.25) is 4.79 Å². The van der Waals surface area contributed by atoms with E-state index in [1.54, 1.807) is 6.08 Å². The number of ether oxygens (including phenoxy) is 1. The number of hydrogen-bond donors (Lipinski definition) is 3. The molecule has 0 aliphatic heterocycles. The predicted molar refractivity (Wildman–Crippen MR) is 128 cm³/mol. The number of rotatable bonds is 8. The van der Waals surface area contributed by atoms with E-state index in [0.717, 1.165) is 22.3 Å². The lowest BCUT2D eigenvalue weighted by atomic mass is 9.98. The summed E-state index contributed by atoms with van der Waals surface area (Å²) in [5, 5.41) is 14.8. The zero-order valence-corrected chi connectivity index (χ0v) is 19.4. The highest BCUT2D eigenvalue weighted by atomic mass is 16.5. The summed E-state index contributed by atoms with van der Waals surface area (Å²) in [7, 11) is 0. The molecule has 0 radical (unpaired) electrons. The molecule has 178 valence electrons. The molecular formula is C27H30N2O5. The van der Waals surface area contributed by atoms with Crippen molar-refractivity contribution in [1.29, 1.82) is 0 Å². The van der Waals surface area contributed by atoms with Crippen LogP contribution in [0.5, 0.6) is 0 Å². The number of carboxylic acid groups (broad SMARTS) is 1. The van der Waals surface area contributed by atoms with Crippen molar-refractivity contribution in [2.75, 3.05) is 6.61 Å². The Morgan fingerprint density at radius 2 is 1.65 bits per heavy atom. The zero-order chi connectivity index (χ0) is 24.2. The third-order valence-electron chi connectivity index (χ3n) is 6.61. The van der Waals surface area contributed by atoms with Crippen molar-refractivity contribution in [3.8, 4) is 11.1 Å². The summed E-state index contributed by atoms with van der Waals surface area (Å²) in [6.45, 7) is 4.07. The van der Waals surface area contributed by atoms with Crippen molar-refractivity contribution in [3.63, 3.8) is 0 Å². The molecule has 0 fully saturated rings. The Balaban J connectivity index is 1.32. The Bertz CT molecular complexity index is 1080. The van der Waals surface area contributed by atoms with Crippen LogP contribution in [0, 0.1) is 5.92 Å². The van der Waals surface area contributed by atoms with Crippen LogP contribution in [0.25, 0.3) is 11.1 Å². The molecule has 2 aliphatic carbocycles. The minimum absolute atomic E-state index is 0.0162. The van der Waals surface area contributed by atoms with Gasteiger partial charge in [0, 0.05) is 30.0 Å². The summed E-state index contributed by atoms with van der Waals surface area (Å²) in [6, 6.07) is 15.7. The van der Waals surface area contributed by atoms with E-state index in [1.165, 1.54) is 0 Å². The fraction of sp³-hybridized carbons (Fsp3) is 0.370. The molecule has 0 spiro atoms. The van der Waals surface area contributed by atoms with E-state index in [9.17, 15) is 14.4 Å². The van der Waals surface area contributed by atoms with Crippen LogP contribution in [-0.2, 0) is 14.3 Å². The maximum Gasteiger partial charge on any atom is 0.407 e. The number of aliphatic carboxylic acids is 1. The number of carboxylic acids is 1. The number of carbonyl (C=O) groups excluding carboxylic acids is 2. The van der Waals surface area contributed by atoms with Crippen molar-refractivity contribution in [2.24, 2.45) is 5.92 Å². The van der Waals surface area contributed by atoms with Gasteiger partial charge in [0.05, 0.1) is 0 Å². The summed E-state index contributed by atoms with van der Waals surface area (Å²) in [5.41, 5.74) is 4.93. The number of benzene rings is 2. The molecule has 2 aromatic rings. The Hall–Kier alpha value is -3.61. The van der Waals surface area contributed by atoms with Gasteiger partial charge in [-0.1, -0.05) is 68.5 Å². The molecular weight excluding hydrogens is 432 g/mol. The number of carbonyl (C=O) groups is 3. The lowest BCUT2D eigenvalue weighted by Gasteiger charge is -2.23. The van der Waals surface area contributed by atoms with Crippen molar-refractivity contribution < 1.29 is 24.2 Å². The van der Waals surface area contributed by atoms with Gasteiger partial charge < -0.3 is 20.5 Å². The first-order valence-electron chi connectivity index (χ1n) is 11.7. The van der Waals surface area contributed by atoms with E-state index in [1.807, 2.05) is 38.1 Å². The highest BCUT2D eigenvalue weighted by molar-refractivity contribution is 5.87. The first kappa shape index (κ1) is 23.5. The fourth-order valence-corrected chi connectivity index (χ4v) is 4.73. The van der Waals surface area contributed by atoms with E-state index in [0.29, 0.717) is 18.4 Å². The van der Waals surface area contributed by atoms with E-state index < -0.39 is 18.1 Å². The molecule has 2 aliphatic rings. The molecule has 0 bridgehead atoms. The molecule has 0 heterocycles. The summed E-state index contributed by atoms with van der Waals surface area (Å²) in [5.74, 6) is -1.18. The number of fused-ring (bicyclic) bond motifs is 3. The van der Waals surface area contributed by atoms with Crippen molar-refractivity contribution in [3.05, 3.63) is 71.3 Å². The summed E-state index contributed by atoms with van der Waals surface area (Å²) < 4.78 is 5.62. The van der Waals surface area contributed by atoms with Crippen LogP contribution in [0.3, 0.4) is 0 Å². The summed E-state index contributed by atoms with van der Waals surface area (Å²) >= 11 is 0. The largest absolute Gasteiger partial charge is 0.478 e. The number of amides is 2. The third-order valence-corrected chi connectivity index (χ3v) is 6.61. The quantitative estimate of drug-likeness (QED) is 0.545. The molecule has 34 heavy (non-hydrogen) atoms. The maximum absolute atomic E-state index is 12.6. The van der Waals surface area contributed by atoms with Crippen LogP contribution >= 0.6 is 0 Å². The van der Waals surface area contributed by atoms with Gasteiger partial charge in [0.15, 0.2) is 0 Å². The zero-order valence-electron chi connectivity index (χ0n) is 19.4. The first-order valence-corrected chi connectivity index (χ1v) is 11.7. The molecule has 7 heteroatoms. The van der Waals surface area contributed by atoms with E-state index in [2.05, 4.69) is 34.9 Å². The van der Waals surface area contributed by atoms with E-state index in [4.69, 9.17) is 9.84 Å². The Morgan fingerprint density at radius 3 is 2.21 bits per heavy atom. The van der Waals surface area contributed by atoms with Crippen LogP contribution < -0.4 is 10.6 Å². The highest BCUT2D eigenvalue weighted by Gasteiger charge is 2.30. The molecule has 2 atom stereocenters. The van der Waals surface area contributed by atoms with Gasteiger partial charge in [-0.2, -0.15) is 0 Å². The topological polar surface area (TPSA) is 105 Å². The lowest BCUT2D eigenvalue weighted by molar-refractivity contribution is -0.133. The number of alkyl carbamates (subject to hydrolysis) is 1. The molecule has 2 aromatic carbocycles. The molecule has 0 saturated heterocycles. The van der Waals surface area contributed by atoms with Gasteiger partial charge in [0.1, 0.15) is 6.61 Å². The van der Waals surface area contributed by atoms with Crippen LogP contribution in [0.4, 0.5) is 4.79 Å². The molecule has 1 unspecified atom stereocenters.